The van der Waals surface area contributed by atoms with Crippen molar-refractivity contribution >= 4 is 0 Å². The Morgan fingerprint density at radius 2 is 1.53 bits per heavy atom. The summed E-state index contributed by atoms with van der Waals surface area (Å²) in [6, 6.07) is 0. The van der Waals surface area contributed by atoms with Gasteiger partial charge >= 0.3 is 0 Å². The Bertz CT molecular complexity index is 145. The fourth-order valence-electron chi connectivity index (χ4n) is 2.90. The summed E-state index contributed by atoms with van der Waals surface area (Å²) in [7, 11) is 4.40. The Morgan fingerprint density at radius 1 is 0.933 bits per heavy atom. The van der Waals surface area contributed by atoms with Gasteiger partial charge in [-0.2, -0.15) is 0 Å². The summed E-state index contributed by atoms with van der Waals surface area (Å²) in [5, 5.41) is 0. The minimum atomic E-state index is 0.988. The largest absolute Gasteiger partial charge is 0.309 e. The lowest BCUT2D eigenvalue weighted by Crippen LogP contribution is -2.25. The number of hydrogen-bond donors (Lipinski definition) is 0. The molecule has 0 amide bonds. The van der Waals surface area contributed by atoms with Crippen LogP contribution in [0.5, 0.6) is 0 Å². The van der Waals surface area contributed by atoms with Crippen molar-refractivity contribution < 1.29 is 0 Å². The van der Waals surface area contributed by atoms with Gasteiger partial charge in [0.05, 0.1) is 0 Å². The van der Waals surface area contributed by atoms with Gasteiger partial charge in [-0.15, -0.1) is 0 Å². The maximum absolute atomic E-state index is 2.35. The first-order valence-corrected chi connectivity index (χ1v) is 6.87. The van der Waals surface area contributed by atoms with E-state index in [1.54, 1.807) is 0 Å². The molecule has 0 aromatic carbocycles. The molecule has 1 aliphatic carbocycles. The van der Waals surface area contributed by atoms with Crippen molar-refractivity contribution in [1.29, 1.82) is 0 Å². The summed E-state index contributed by atoms with van der Waals surface area (Å²) < 4.78 is 0. The third-order valence-electron chi connectivity index (χ3n) is 3.81. The minimum absolute atomic E-state index is 0.988. The van der Waals surface area contributed by atoms with E-state index in [0.29, 0.717) is 0 Å². The van der Waals surface area contributed by atoms with Gasteiger partial charge in [0.15, 0.2) is 0 Å². The van der Waals surface area contributed by atoms with Gasteiger partial charge in [-0.25, -0.2) is 0 Å². The van der Waals surface area contributed by atoms with E-state index in [1.807, 2.05) is 0 Å². The highest BCUT2D eigenvalue weighted by molar-refractivity contribution is 4.73. The van der Waals surface area contributed by atoms with Crippen LogP contribution in [0.2, 0.25) is 0 Å². The van der Waals surface area contributed by atoms with Gasteiger partial charge in [0.25, 0.3) is 0 Å². The lowest BCUT2D eigenvalue weighted by molar-refractivity contribution is 0.214. The highest BCUT2D eigenvalue weighted by Crippen LogP contribution is 2.32. The topological polar surface area (TPSA) is 3.24 Å². The van der Waals surface area contributed by atoms with Gasteiger partial charge in [-0.1, -0.05) is 45.4 Å². The Labute approximate surface area is 96.2 Å². The molecule has 1 saturated carbocycles. The Balaban J connectivity index is 2.07. The zero-order chi connectivity index (χ0) is 11.1. The SMILES string of the molecule is CCCCCC1CCC(CN(C)C)CC1. The third kappa shape index (κ3) is 5.55. The van der Waals surface area contributed by atoms with Crippen molar-refractivity contribution in [2.75, 3.05) is 20.6 Å². The smallest absolute Gasteiger partial charge is 0.000356 e. The predicted molar refractivity (Wildman–Crippen MR) is 68.1 cm³/mol. The molecule has 0 saturated heterocycles. The van der Waals surface area contributed by atoms with E-state index >= 15 is 0 Å². The molecule has 1 rings (SSSR count). The quantitative estimate of drug-likeness (QED) is 0.602. The van der Waals surface area contributed by atoms with Crippen LogP contribution in [0.25, 0.3) is 0 Å². The van der Waals surface area contributed by atoms with Crippen LogP contribution in [0.4, 0.5) is 0 Å². The molecule has 90 valence electrons. The van der Waals surface area contributed by atoms with Gasteiger partial charge in [-0.05, 0) is 38.8 Å². The van der Waals surface area contributed by atoms with Crippen LogP contribution < -0.4 is 0 Å². The molecule has 0 aromatic rings. The first-order chi connectivity index (χ1) is 7.22. The van der Waals surface area contributed by atoms with Crippen molar-refractivity contribution in [3.63, 3.8) is 0 Å². The Kier molecular flexibility index (Phi) is 6.31. The third-order valence-corrected chi connectivity index (χ3v) is 3.81. The van der Waals surface area contributed by atoms with Gasteiger partial charge in [0, 0.05) is 6.54 Å². The highest BCUT2D eigenvalue weighted by Gasteiger charge is 2.20. The molecule has 0 N–H and O–H groups in total. The normalized spacial score (nSPS) is 27.2. The first-order valence-electron chi connectivity index (χ1n) is 6.87. The average molecular weight is 211 g/mol. The molecular weight excluding hydrogens is 182 g/mol. The van der Waals surface area contributed by atoms with Crippen LogP contribution in [0, 0.1) is 11.8 Å². The molecule has 0 bridgehead atoms. The van der Waals surface area contributed by atoms with Gasteiger partial charge in [0.2, 0.25) is 0 Å². The molecule has 1 fully saturated rings. The summed E-state index contributed by atoms with van der Waals surface area (Å²) in [6.07, 6.45) is 11.8. The van der Waals surface area contributed by atoms with E-state index in [1.165, 1.54) is 57.9 Å². The second-order valence-electron chi connectivity index (χ2n) is 5.64. The van der Waals surface area contributed by atoms with Crippen molar-refractivity contribution in [3.05, 3.63) is 0 Å². The zero-order valence-corrected chi connectivity index (χ0v) is 11.0. The summed E-state index contributed by atoms with van der Waals surface area (Å²) in [6.45, 7) is 3.61. The number of unbranched alkanes of at least 4 members (excludes halogenated alkanes) is 2. The van der Waals surface area contributed by atoms with E-state index in [2.05, 4.69) is 25.9 Å². The average Bonchev–Trinajstić information content (AvgIpc) is 2.20. The van der Waals surface area contributed by atoms with Gasteiger partial charge < -0.3 is 4.90 Å². The van der Waals surface area contributed by atoms with Crippen LogP contribution in [-0.4, -0.2) is 25.5 Å². The lowest BCUT2D eigenvalue weighted by Gasteiger charge is -2.30. The van der Waals surface area contributed by atoms with Crippen molar-refractivity contribution in [2.45, 2.75) is 58.3 Å². The van der Waals surface area contributed by atoms with Gasteiger partial charge in [-0.3, -0.25) is 0 Å². The number of rotatable bonds is 6. The second kappa shape index (κ2) is 7.27. The second-order valence-corrected chi connectivity index (χ2v) is 5.64. The molecule has 0 spiro atoms. The van der Waals surface area contributed by atoms with Crippen LogP contribution >= 0.6 is 0 Å². The summed E-state index contributed by atoms with van der Waals surface area (Å²) in [5.41, 5.74) is 0. The fourth-order valence-corrected chi connectivity index (χ4v) is 2.90. The number of nitrogens with zero attached hydrogens (tertiary/aromatic N) is 1. The molecule has 0 aromatic heterocycles. The molecule has 0 unspecified atom stereocenters. The van der Waals surface area contributed by atoms with Crippen molar-refractivity contribution in [1.82, 2.24) is 4.90 Å². The molecule has 0 heterocycles. The van der Waals surface area contributed by atoms with Crippen LogP contribution in [0.1, 0.15) is 58.3 Å². The Morgan fingerprint density at radius 3 is 2.07 bits per heavy atom. The number of hydrogen-bond acceptors (Lipinski definition) is 1. The van der Waals surface area contributed by atoms with Crippen LogP contribution in [0.15, 0.2) is 0 Å². The Hall–Kier alpha value is -0.0400. The van der Waals surface area contributed by atoms with Crippen LogP contribution in [-0.2, 0) is 0 Å². The first kappa shape index (κ1) is 13.0. The monoisotopic (exact) mass is 211 g/mol. The molecule has 0 radical (unpaired) electrons. The fraction of sp³-hybridized carbons (Fsp3) is 1.00. The van der Waals surface area contributed by atoms with E-state index in [-0.39, 0.29) is 0 Å². The van der Waals surface area contributed by atoms with E-state index in [0.717, 1.165) is 11.8 Å². The standard InChI is InChI=1S/C14H29N/c1-4-5-6-7-13-8-10-14(11-9-13)12-15(2)3/h13-14H,4-12H2,1-3H3. The molecule has 1 heteroatoms. The maximum Gasteiger partial charge on any atom is 0.000356 e. The summed E-state index contributed by atoms with van der Waals surface area (Å²) in [4.78, 5) is 2.35. The predicted octanol–water partition coefficient (Wildman–Crippen LogP) is 3.93. The van der Waals surface area contributed by atoms with Gasteiger partial charge in [0.1, 0.15) is 0 Å². The van der Waals surface area contributed by atoms with Crippen molar-refractivity contribution in [2.24, 2.45) is 11.8 Å². The van der Waals surface area contributed by atoms with Crippen LogP contribution in [0.3, 0.4) is 0 Å². The summed E-state index contributed by atoms with van der Waals surface area (Å²) >= 11 is 0. The molecule has 0 atom stereocenters. The van der Waals surface area contributed by atoms with Crippen molar-refractivity contribution in [3.8, 4) is 0 Å². The molecule has 0 aliphatic heterocycles. The molecule has 15 heavy (non-hydrogen) atoms. The lowest BCUT2D eigenvalue weighted by atomic mass is 9.79. The summed E-state index contributed by atoms with van der Waals surface area (Å²) in [5.74, 6) is 2.05. The molecule has 1 aliphatic rings. The molecular formula is C14H29N. The molecule has 1 nitrogen and oxygen atoms in total. The maximum atomic E-state index is 2.35. The highest BCUT2D eigenvalue weighted by atomic mass is 15.1. The van der Waals surface area contributed by atoms with E-state index < -0.39 is 0 Å². The zero-order valence-electron chi connectivity index (χ0n) is 11.0. The minimum Gasteiger partial charge on any atom is -0.309 e. The van der Waals surface area contributed by atoms with E-state index in [4.69, 9.17) is 0 Å². The van der Waals surface area contributed by atoms with E-state index in [9.17, 15) is 0 Å².